The molecular formula is C29H35Cl2N3O2. The molecule has 192 valence electrons. The molecule has 0 spiro atoms. The van der Waals surface area contributed by atoms with Gasteiger partial charge >= 0.3 is 0 Å². The summed E-state index contributed by atoms with van der Waals surface area (Å²) in [5.41, 5.74) is 8.12. The molecule has 5 nitrogen and oxygen atoms in total. The van der Waals surface area contributed by atoms with E-state index in [0.717, 1.165) is 43.2 Å². The fraction of sp³-hybridized carbons (Fsp3) is 0.552. The predicted molar refractivity (Wildman–Crippen MR) is 143 cm³/mol. The number of amides is 1. The van der Waals surface area contributed by atoms with E-state index in [-0.39, 0.29) is 22.7 Å². The van der Waals surface area contributed by atoms with Crippen molar-refractivity contribution in [3.05, 3.63) is 63.9 Å². The number of hydrogen-bond donors (Lipinski definition) is 2. The summed E-state index contributed by atoms with van der Waals surface area (Å²) in [6, 6.07) is 8.89. The van der Waals surface area contributed by atoms with Crippen LogP contribution in [0.3, 0.4) is 0 Å². The van der Waals surface area contributed by atoms with Gasteiger partial charge in [-0.25, -0.2) is 0 Å². The van der Waals surface area contributed by atoms with Crippen LogP contribution in [-0.4, -0.2) is 29.3 Å². The number of carbonyl (C=O) groups excluding carboxylic acids is 2. The molecule has 3 N–H and O–H groups in total. The van der Waals surface area contributed by atoms with E-state index >= 15 is 0 Å². The zero-order valence-corrected chi connectivity index (χ0v) is 22.5. The average molecular weight is 529 g/mol. The number of nitrogens with two attached hydrogens (primary N) is 1. The van der Waals surface area contributed by atoms with Crippen molar-refractivity contribution in [3.8, 4) is 0 Å². The molecule has 0 aliphatic heterocycles. The fourth-order valence-electron chi connectivity index (χ4n) is 7.48. The minimum atomic E-state index is -0.558. The number of pyridine rings is 1. The maximum atomic E-state index is 13.5. The highest BCUT2D eigenvalue weighted by atomic mass is 35.5. The zero-order chi connectivity index (χ0) is 25.7. The Labute approximate surface area is 223 Å². The van der Waals surface area contributed by atoms with Crippen LogP contribution in [0, 0.1) is 29.1 Å². The molecule has 3 unspecified atom stereocenters. The van der Waals surface area contributed by atoms with Crippen LogP contribution in [0.1, 0.15) is 57.1 Å². The first kappa shape index (κ1) is 25.7. The SMILES string of the molecule is CC(C)(CNC(=O)C(N)C1C2CC3CC1CC(C(=O)Cc1ccncc1)(C3)C2)c1ccc(Cl)c(Cl)c1. The average Bonchev–Trinajstić information content (AvgIpc) is 2.84. The highest BCUT2D eigenvalue weighted by Gasteiger charge is 2.59. The Balaban J connectivity index is 1.24. The molecular weight excluding hydrogens is 493 g/mol. The van der Waals surface area contributed by atoms with Gasteiger partial charge in [0.1, 0.15) is 5.78 Å². The molecule has 1 amide bonds. The molecule has 2 aromatic rings. The molecule has 1 aromatic carbocycles. The van der Waals surface area contributed by atoms with Crippen molar-refractivity contribution in [3.63, 3.8) is 0 Å². The van der Waals surface area contributed by atoms with Crippen LogP contribution >= 0.6 is 23.2 Å². The van der Waals surface area contributed by atoms with E-state index in [2.05, 4.69) is 24.1 Å². The first-order chi connectivity index (χ1) is 17.1. The summed E-state index contributed by atoms with van der Waals surface area (Å²) in [7, 11) is 0. The summed E-state index contributed by atoms with van der Waals surface area (Å²) in [6.45, 7) is 4.59. The highest BCUT2D eigenvalue weighted by Crippen LogP contribution is 2.63. The molecule has 0 radical (unpaired) electrons. The molecule has 0 saturated heterocycles. The number of aromatic nitrogens is 1. The third-order valence-corrected chi connectivity index (χ3v) is 9.91. The molecule has 4 saturated carbocycles. The van der Waals surface area contributed by atoms with Crippen molar-refractivity contribution in [2.75, 3.05) is 6.54 Å². The third kappa shape index (κ3) is 4.82. The lowest BCUT2D eigenvalue weighted by Gasteiger charge is -2.60. The lowest BCUT2D eigenvalue weighted by Crippen LogP contribution is -2.61. The van der Waals surface area contributed by atoms with Gasteiger partial charge in [-0.15, -0.1) is 0 Å². The minimum Gasteiger partial charge on any atom is -0.354 e. The second kappa shape index (κ2) is 9.74. The predicted octanol–water partition coefficient (Wildman–Crippen LogP) is 5.36. The Morgan fingerprint density at radius 2 is 1.75 bits per heavy atom. The van der Waals surface area contributed by atoms with E-state index in [0.29, 0.717) is 46.5 Å². The second-order valence-corrected chi connectivity index (χ2v) is 12.9. The number of benzene rings is 1. The maximum Gasteiger partial charge on any atom is 0.237 e. The fourth-order valence-corrected chi connectivity index (χ4v) is 7.78. The lowest BCUT2D eigenvalue weighted by molar-refractivity contribution is -0.153. The van der Waals surface area contributed by atoms with Crippen LogP contribution in [0.15, 0.2) is 42.7 Å². The van der Waals surface area contributed by atoms with Crippen molar-refractivity contribution in [1.29, 1.82) is 0 Å². The van der Waals surface area contributed by atoms with E-state index in [4.69, 9.17) is 28.9 Å². The number of hydrogen-bond acceptors (Lipinski definition) is 4. The van der Waals surface area contributed by atoms with Gasteiger partial charge in [-0.05, 0) is 91.2 Å². The van der Waals surface area contributed by atoms with Gasteiger partial charge in [0.05, 0.1) is 16.1 Å². The summed E-state index contributed by atoms with van der Waals surface area (Å²) >= 11 is 12.3. The van der Waals surface area contributed by atoms with Gasteiger partial charge in [0.2, 0.25) is 5.91 Å². The largest absolute Gasteiger partial charge is 0.354 e. The Bertz CT molecular complexity index is 1140. The van der Waals surface area contributed by atoms with E-state index in [1.165, 1.54) is 0 Å². The van der Waals surface area contributed by atoms with Crippen LogP contribution in [0.2, 0.25) is 10.0 Å². The van der Waals surface area contributed by atoms with Crippen molar-refractivity contribution >= 4 is 34.9 Å². The molecule has 4 fully saturated rings. The lowest BCUT2D eigenvalue weighted by atomic mass is 9.44. The number of halogens is 2. The normalized spacial score (nSPS) is 29.7. The summed E-state index contributed by atoms with van der Waals surface area (Å²) in [5, 5.41) is 4.14. The van der Waals surface area contributed by atoms with E-state index in [1.807, 2.05) is 24.3 Å². The highest BCUT2D eigenvalue weighted by molar-refractivity contribution is 6.42. The molecule has 4 aliphatic carbocycles. The summed E-state index contributed by atoms with van der Waals surface area (Å²) in [4.78, 5) is 30.9. The van der Waals surface area contributed by atoms with Crippen molar-refractivity contribution < 1.29 is 9.59 Å². The summed E-state index contributed by atoms with van der Waals surface area (Å²) in [5.74, 6) is 1.63. The van der Waals surface area contributed by atoms with E-state index in [1.54, 1.807) is 18.5 Å². The molecule has 3 atom stereocenters. The summed E-state index contributed by atoms with van der Waals surface area (Å²) in [6.07, 6.45) is 8.86. The van der Waals surface area contributed by atoms with Gasteiger partial charge in [-0.2, -0.15) is 0 Å². The monoisotopic (exact) mass is 527 g/mol. The molecule has 1 aromatic heterocycles. The minimum absolute atomic E-state index is 0.0993. The topological polar surface area (TPSA) is 85.1 Å². The van der Waals surface area contributed by atoms with Crippen LogP contribution < -0.4 is 11.1 Å². The number of carbonyl (C=O) groups is 2. The van der Waals surface area contributed by atoms with Crippen LogP contribution in [-0.2, 0) is 21.4 Å². The Morgan fingerprint density at radius 1 is 1.08 bits per heavy atom. The second-order valence-electron chi connectivity index (χ2n) is 12.0. The van der Waals surface area contributed by atoms with Gasteiger partial charge in [0.25, 0.3) is 0 Å². The molecule has 6 rings (SSSR count). The van der Waals surface area contributed by atoms with Gasteiger partial charge in [0, 0.05) is 36.2 Å². The summed E-state index contributed by atoms with van der Waals surface area (Å²) < 4.78 is 0. The van der Waals surface area contributed by atoms with Crippen LogP contribution in [0.25, 0.3) is 0 Å². The molecule has 4 aliphatic rings. The van der Waals surface area contributed by atoms with Crippen LogP contribution in [0.5, 0.6) is 0 Å². The Kier molecular flexibility index (Phi) is 6.95. The number of nitrogens with zero attached hydrogens (tertiary/aromatic N) is 1. The smallest absolute Gasteiger partial charge is 0.237 e. The first-order valence-electron chi connectivity index (χ1n) is 13.0. The van der Waals surface area contributed by atoms with Gasteiger partial charge in [-0.3, -0.25) is 14.6 Å². The van der Waals surface area contributed by atoms with Gasteiger partial charge < -0.3 is 11.1 Å². The molecule has 7 heteroatoms. The number of rotatable bonds is 8. The Hall–Kier alpha value is -1.95. The molecule has 36 heavy (non-hydrogen) atoms. The zero-order valence-electron chi connectivity index (χ0n) is 21.0. The third-order valence-electron chi connectivity index (χ3n) is 9.17. The number of nitrogens with one attached hydrogen (secondary N) is 1. The first-order valence-corrected chi connectivity index (χ1v) is 13.7. The van der Waals surface area contributed by atoms with Crippen molar-refractivity contribution in [1.82, 2.24) is 10.3 Å². The van der Waals surface area contributed by atoms with E-state index in [9.17, 15) is 9.59 Å². The Morgan fingerprint density at radius 3 is 2.39 bits per heavy atom. The van der Waals surface area contributed by atoms with Crippen molar-refractivity contribution in [2.24, 2.45) is 34.8 Å². The number of ketones is 1. The maximum absolute atomic E-state index is 13.5. The van der Waals surface area contributed by atoms with Crippen molar-refractivity contribution in [2.45, 2.75) is 63.8 Å². The van der Waals surface area contributed by atoms with Gasteiger partial charge in [-0.1, -0.05) is 43.1 Å². The van der Waals surface area contributed by atoms with Gasteiger partial charge in [0.15, 0.2) is 0 Å². The standard InChI is InChI=1S/C29H35Cl2N3O2/c1-28(2,21-3-4-22(30)23(31)12-21)16-34-27(36)26(32)25-19-9-18-10-20(25)15-29(13-18,14-19)24(35)11-17-5-7-33-8-6-17/h3-8,12,18-20,25-26H,9-11,13-16,32H2,1-2H3,(H,34,36). The quantitative estimate of drug-likeness (QED) is 0.483. The molecule has 4 bridgehead atoms. The van der Waals surface area contributed by atoms with E-state index < -0.39 is 6.04 Å². The molecule has 1 heterocycles. The number of Topliss-reactive ketones (excluding diaryl/α,β-unsaturated/α-hetero) is 1. The van der Waals surface area contributed by atoms with Crippen LogP contribution in [0.4, 0.5) is 0 Å².